The van der Waals surface area contributed by atoms with Crippen molar-refractivity contribution in [3.05, 3.63) is 64.6 Å². The summed E-state index contributed by atoms with van der Waals surface area (Å²) in [6.07, 6.45) is 1.20. The second kappa shape index (κ2) is 9.19. The molecule has 9 heteroatoms. The lowest BCUT2D eigenvalue weighted by molar-refractivity contribution is -0.116. The number of nitrogens with one attached hydrogen (secondary N) is 1. The van der Waals surface area contributed by atoms with Gasteiger partial charge in [-0.3, -0.25) is 19.0 Å². The van der Waals surface area contributed by atoms with E-state index in [0.29, 0.717) is 41.1 Å². The lowest BCUT2D eigenvalue weighted by Crippen LogP contribution is -2.47. The van der Waals surface area contributed by atoms with Crippen molar-refractivity contribution in [2.24, 2.45) is 0 Å². The lowest BCUT2D eigenvalue weighted by atomic mass is 10.1. The molecule has 2 amide bonds. The van der Waals surface area contributed by atoms with Crippen molar-refractivity contribution in [3.63, 3.8) is 0 Å². The summed E-state index contributed by atoms with van der Waals surface area (Å²) in [6, 6.07) is 12.1. The van der Waals surface area contributed by atoms with Gasteiger partial charge in [0, 0.05) is 31.7 Å². The molecule has 0 spiro atoms. The molecule has 2 aromatic carbocycles. The van der Waals surface area contributed by atoms with E-state index in [-0.39, 0.29) is 18.0 Å². The molecule has 0 unspecified atom stereocenters. The number of likely N-dealkylation sites (N-methyl/N-ethyl adjacent to an activating group) is 1. The second-order valence-electron chi connectivity index (χ2n) is 7.73. The number of aromatic nitrogens is 2. The SMILES string of the molecule is COc1ccc(C(=O)N2CCN(C)CC2)cc1NC(=O)Cn1c(=O)cnc2ccccc21. The van der Waals surface area contributed by atoms with Crippen molar-refractivity contribution in [3.8, 4) is 5.75 Å². The molecular formula is C23H25N5O4. The van der Waals surface area contributed by atoms with E-state index in [1.807, 2.05) is 13.1 Å². The van der Waals surface area contributed by atoms with E-state index in [4.69, 9.17) is 4.74 Å². The molecule has 4 rings (SSSR count). The number of hydrogen-bond donors (Lipinski definition) is 1. The molecule has 2 heterocycles. The third-order valence-corrected chi connectivity index (χ3v) is 5.57. The highest BCUT2D eigenvalue weighted by atomic mass is 16.5. The number of nitrogens with zero attached hydrogens (tertiary/aromatic N) is 4. The molecule has 0 atom stereocenters. The number of anilines is 1. The summed E-state index contributed by atoms with van der Waals surface area (Å²) in [5.41, 5.74) is 1.67. The Labute approximate surface area is 185 Å². The van der Waals surface area contributed by atoms with Crippen LogP contribution in [0.15, 0.2) is 53.5 Å². The molecule has 1 fully saturated rings. The maximum absolute atomic E-state index is 12.9. The van der Waals surface area contributed by atoms with E-state index >= 15 is 0 Å². The van der Waals surface area contributed by atoms with Gasteiger partial charge in [0.1, 0.15) is 12.3 Å². The average molecular weight is 435 g/mol. The fourth-order valence-electron chi connectivity index (χ4n) is 3.74. The van der Waals surface area contributed by atoms with Gasteiger partial charge in [0.15, 0.2) is 0 Å². The zero-order valence-corrected chi connectivity index (χ0v) is 18.1. The zero-order chi connectivity index (χ0) is 22.7. The Bertz CT molecular complexity index is 1210. The molecule has 0 bridgehead atoms. The quantitative estimate of drug-likeness (QED) is 0.651. The summed E-state index contributed by atoms with van der Waals surface area (Å²) < 4.78 is 6.72. The number of amides is 2. The summed E-state index contributed by atoms with van der Waals surface area (Å²) in [6.45, 7) is 2.75. The predicted molar refractivity (Wildman–Crippen MR) is 121 cm³/mol. The number of ether oxygens (including phenoxy) is 1. The molecule has 1 saturated heterocycles. The van der Waals surface area contributed by atoms with Gasteiger partial charge in [-0.15, -0.1) is 0 Å². The first-order chi connectivity index (χ1) is 15.5. The Morgan fingerprint density at radius 3 is 2.59 bits per heavy atom. The molecule has 3 aromatic rings. The zero-order valence-electron chi connectivity index (χ0n) is 18.1. The highest BCUT2D eigenvalue weighted by molar-refractivity contribution is 5.98. The van der Waals surface area contributed by atoms with E-state index in [9.17, 15) is 14.4 Å². The summed E-state index contributed by atoms with van der Waals surface area (Å²) in [4.78, 5) is 46.2. The maximum atomic E-state index is 12.9. The number of carbonyl (C=O) groups is 2. The molecule has 1 N–H and O–H groups in total. The van der Waals surface area contributed by atoms with Crippen molar-refractivity contribution in [2.45, 2.75) is 6.54 Å². The van der Waals surface area contributed by atoms with E-state index in [1.165, 1.54) is 17.9 Å². The van der Waals surface area contributed by atoms with Gasteiger partial charge in [0.2, 0.25) is 5.91 Å². The lowest BCUT2D eigenvalue weighted by Gasteiger charge is -2.32. The fraction of sp³-hybridized carbons (Fsp3) is 0.304. The Kier molecular flexibility index (Phi) is 6.18. The summed E-state index contributed by atoms with van der Waals surface area (Å²) in [5.74, 6) is -0.0706. The molecule has 0 aliphatic carbocycles. The van der Waals surface area contributed by atoms with Gasteiger partial charge in [-0.2, -0.15) is 0 Å². The van der Waals surface area contributed by atoms with Crippen molar-refractivity contribution in [1.29, 1.82) is 0 Å². The number of rotatable bonds is 5. The Morgan fingerprint density at radius 1 is 1.09 bits per heavy atom. The van der Waals surface area contributed by atoms with Crippen molar-refractivity contribution in [1.82, 2.24) is 19.4 Å². The number of methoxy groups -OCH3 is 1. The number of piperazine rings is 1. The van der Waals surface area contributed by atoms with Gasteiger partial charge >= 0.3 is 0 Å². The van der Waals surface area contributed by atoms with Gasteiger partial charge in [-0.05, 0) is 37.4 Å². The van der Waals surface area contributed by atoms with Crippen LogP contribution in [0.25, 0.3) is 11.0 Å². The van der Waals surface area contributed by atoms with Crippen LogP contribution < -0.4 is 15.6 Å². The fourth-order valence-corrected chi connectivity index (χ4v) is 3.74. The molecule has 1 aromatic heterocycles. The van der Waals surface area contributed by atoms with Crippen LogP contribution in [0.1, 0.15) is 10.4 Å². The molecule has 0 saturated carbocycles. The maximum Gasteiger partial charge on any atom is 0.269 e. The first-order valence-electron chi connectivity index (χ1n) is 10.4. The van der Waals surface area contributed by atoms with Crippen molar-refractivity contribution < 1.29 is 14.3 Å². The Hall–Kier alpha value is -3.72. The largest absolute Gasteiger partial charge is 0.495 e. The van der Waals surface area contributed by atoms with E-state index in [0.717, 1.165) is 13.1 Å². The number of hydrogen-bond acceptors (Lipinski definition) is 6. The molecule has 1 aliphatic rings. The summed E-state index contributed by atoms with van der Waals surface area (Å²) in [7, 11) is 3.52. The van der Waals surface area contributed by atoms with E-state index in [2.05, 4.69) is 15.2 Å². The molecule has 32 heavy (non-hydrogen) atoms. The van der Waals surface area contributed by atoms with Crippen LogP contribution in [0.4, 0.5) is 5.69 Å². The highest BCUT2D eigenvalue weighted by Crippen LogP contribution is 2.26. The highest BCUT2D eigenvalue weighted by Gasteiger charge is 2.22. The molecule has 9 nitrogen and oxygen atoms in total. The van der Waals surface area contributed by atoms with Crippen LogP contribution >= 0.6 is 0 Å². The van der Waals surface area contributed by atoms with Crippen LogP contribution in [0, 0.1) is 0 Å². The minimum Gasteiger partial charge on any atom is -0.495 e. The summed E-state index contributed by atoms with van der Waals surface area (Å²) >= 11 is 0. The first-order valence-corrected chi connectivity index (χ1v) is 10.4. The van der Waals surface area contributed by atoms with Crippen molar-refractivity contribution in [2.75, 3.05) is 45.7 Å². The first kappa shape index (κ1) is 21.5. The van der Waals surface area contributed by atoms with Crippen LogP contribution in [-0.4, -0.2) is 71.5 Å². The Balaban J connectivity index is 1.55. The molecule has 1 aliphatic heterocycles. The smallest absolute Gasteiger partial charge is 0.269 e. The van der Waals surface area contributed by atoms with Gasteiger partial charge in [0.05, 0.1) is 30.0 Å². The van der Waals surface area contributed by atoms with Crippen LogP contribution in [0.5, 0.6) is 5.75 Å². The van der Waals surface area contributed by atoms with Crippen LogP contribution in [0.2, 0.25) is 0 Å². The predicted octanol–water partition coefficient (Wildman–Crippen LogP) is 1.43. The minimum atomic E-state index is -0.411. The third-order valence-electron chi connectivity index (χ3n) is 5.57. The normalized spacial score (nSPS) is 14.4. The van der Waals surface area contributed by atoms with Gasteiger partial charge in [0.25, 0.3) is 11.5 Å². The van der Waals surface area contributed by atoms with Gasteiger partial charge in [-0.25, -0.2) is 4.98 Å². The topological polar surface area (TPSA) is 96.8 Å². The number of benzene rings is 2. The second-order valence-corrected chi connectivity index (χ2v) is 7.73. The van der Waals surface area contributed by atoms with Crippen molar-refractivity contribution >= 4 is 28.5 Å². The molecule has 0 radical (unpaired) electrons. The van der Waals surface area contributed by atoms with Crippen LogP contribution in [-0.2, 0) is 11.3 Å². The number of fused-ring (bicyclic) bond motifs is 1. The number of carbonyl (C=O) groups excluding carboxylic acids is 2. The van der Waals surface area contributed by atoms with Gasteiger partial charge < -0.3 is 19.9 Å². The molecular weight excluding hydrogens is 410 g/mol. The van der Waals surface area contributed by atoms with Gasteiger partial charge in [-0.1, -0.05) is 12.1 Å². The third kappa shape index (κ3) is 4.47. The average Bonchev–Trinajstić information content (AvgIpc) is 2.81. The molecule has 166 valence electrons. The van der Waals surface area contributed by atoms with E-state index < -0.39 is 5.91 Å². The van der Waals surface area contributed by atoms with E-state index in [1.54, 1.807) is 41.3 Å². The number of para-hydroxylation sites is 2. The monoisotopic (exact) mass is 435 g/mol. The summed E-state index contributed by atoms with van der Waals surface area (Å²) in [5, 5.41) is 2.78. The van der Waals surface area contributed by atoms with Crippen LogP contribution in [0.3, 0.4) is 0 Å². The minimum absolute atomic E-state index is 0.0902. The standard InChI is InChI=1S/C23H25N5O4/c1-26-9-11-27(12-10-26)23(31)16-7-8-20(32-2)18(13-16)25-21(29)15-28-19-6-4-3-5-17(19)24-14-22(28)30/h3-8,13-14H,9-12,15H2,1-2H3,(H,25,29). The Morgan fingerprint density at radius 2 is 1.84 bits per heavy atom.